The van der Waals surface area contributed by atoms with Crippen LogP contribution in [0.3, 0.4) is 0 Å². The van der Waals surface area contributed by atoms with Gasteiger partial charge in [-0.1, -0.05) is 18.2 Å². The topological polar surface area (TPSA) is 99.4 Å². The molecule has 0 saturated carbocycles. The average Bonchev–Trinajstić information content (AvgIpc) is 2.60. The van der Waals surface area contributed by atoms with Crippen molar-refractivity contribution in [2.45, 2.75) is 0 Å². The zero-order chi connectivity index (χ0) is 17.1. The first-order valence-corrected chi connectivity index (χ1v) is 7.02. The number of fused-ring (bicyclic) bond motifs is 1. The van der Waals surface area contributed by atoms with Gasteiger partial charge in [0.25, 0.3) is 0 Å². The summed E-state index contributed by atoms with van der Waals surface area (Å²) in [6, 6.07) is 10.8. The largest absolute Gasteiger partial charge is 0.493 e. The van der Waals surface area contributed by atoms with E-state index in [0.717, 1.165) is 5.69 Å². The van der Waals surface area contributed by atoms with Crippen LogP contribution in [0, 0.1) is 10.1 Å². The van der Waals surface area contributed by atoms with E-state index in [4.69, 9.17) is 9.47 Å². The number of aromatic nitrogens is 2. The van der Waals surface area contributed by atoms with Crippen LogP contribution in [0.25, 0.3) is 10.9 Å². The van der Waals surface area contributed by atoms with Crippen molar-refractivity contribution in [2.75, 3.05) is 19.5 Å². The van der Waals surface area contributed by atoms with Gasteiger partial charge in [-0.3, -0.25) is 10.1 Å². The molecule has 3 aromatic rings. The lowest BCUT2D eigenvalue weighted by Crippen LogP contribution is -2.02. The Morgan fingerprint density at radius 1 is 1.12 bits per heavy atom. The fourth-order valence-corrected chi connectivity index (χ4v) is 2.44. The molecule has 0 atom stereocenters. The number of ether oxygens (including phenoxy) is 2. The number of nitro benzene ring substituents is 1. The zero-order valence-electron chi connectivity index (χ0n) is 13.0. The summed E-state index contributed by atoms with van der Waals surface area (Å²) in [4.78, 5) is 19.4. The summed E-state index contributed by atoms with van der Waals surface area (Å²) in [6.45, 7) is 0. The lowest BCUT2D eigenvalue weighted by atomic mass is 10.1. The van der Waals surface area contributed by atoms with Crippen LogP contribution in [0.1, 0.15) is 0 Å². The number of nitro groups is 1. The van der Waals surface area contributed by atoms with E-state index in [9.17, 15) is 10.1 Å². The van der Waals surface area contributed by atoms with Gasteiger partial charge < -0.3 is 14.8 Å². The van der Waals surface area contributed by atoms with Crippen molar-refractivity contribution in [2.24, 2.45) is 0 Å². The molecule has 3 rings (SSSR count). The Labute approximate surface area is 137 Å². The van der Waals surface area contributed by atoms with Crippen LogP contribution in [0.5, 0.6) is 11.5 Å². The van der Waals surface area contributed by atoms with Gasteiger partial charge in [-0.2, -0.15) is 0 Å². The number of rotatable bonds is 5. The molecule has 8 nitrogen and oxygen atoms in total. The molecule has 0 saturated heterocycles. The highest BCUT2D eigenvalue weighted by molar-refractivity contribution is 6.01. The van der Waals surface area contributed by atoms with E-state index < -0.39 is 4.92 Å². The fourth-order valence-electron chi connectivity index (χ4n) is 2.44. The molecule has 1 aromatic heterocycles. The number of benzene rings is 2. The maximum absolute atomic E-state index is 11.7. The van der Waals surface area contributed by atoms with E-state index >= 15 is 0 Å². The molecule has 2 aromatic carbocycles. The van der Waals surface area contributed by atoms with Crippen molar-refractivity contribution in [1.29, 1.82) is 0 Å². The first kappa shape index (κ1) is 15.5. The third-order valence-corrected chi connectivity index (χ3v) is 3.46. The average molecular weight is 326 g/mol. The summed E-state index contributed by atoms with van der Waals surface area (Å²) in [7, 11) is 2.77. The van der Waals surface area contributed by atoms with Gasteiger partial charge in [0.15, 0.2) is 5.75 Å². The quantitative estimate of drug-likeness (QED) is 0.567. The number of hydrogen-bond donors (Lipinski definition) is 1. The molecule has 1 heterocycles. The second-order valence-electron chi connectivity index (χ2n) is 4.83. The summed E-state index contributed by atoms with van der Waals surface area (Å²) in [6.07, 6.45) is 1.34. The number of methoxy groups -OCH3 is 2. The predicted octanol–water partition coefficient (Wildman–Crippen LogP) is 3.30. The van der Waals surface area contributed by atoms with Gasteiger partial charge in [0.1, 0.15) is 17.5 Å². The van der Waals surface area contributed by atoms with Crippen LogP contribution in [-0.4, -0.2) is 29.1 Å². The minimum atomic E-state index is -0.525. The number of nitrogens with one attached hydrogen (secondary N) is 1. The number of para-hydroxylation sites is 1. The maximum Gasteiger partial charge on any atom is 0.327 e. The van der Waals surface area contributed by atoms with Crippen molar-refractivity contribution in [3.05, 3.63) is 52.8 Å². The van der Waals surface area contributed by atoms with E-state index in [1.165, 1.54) is 20.5 Å². The van der Waals surface area contributed by atoms with Crippen molar-refractivity contribution < 1.29 is 14.4 Å². The third-order valence-electron chi connectivity index (χ3n) is 3.46. The standard InChI is InChI=1S/C16H14N4O4/c1-23-12-8-11-13(14(20(21)22)15(12)24-2)16(18-9-17-11)19-10-6-4-3-5-7-10/h3-9H,1-2H3,(H,17,18,19). The minimum absolute atomic E-state index is 0.0286. The molecule has 24 heavy (non-hydrogen) atoms. The minimum Gasteiger partial charge on any atom is -0.493 e. The van der Waals surface area contributed by atoms with E-state index in [1.54, 1.807) is 6.07 Å². The molecule has 0 radical (unpaired) electrons. The maximum atomic E-state index is 11.7. The smallest absolute Gasteiger partial charge is 0.327 e. The lowest BCUT2D eigenvalue weighted by Gasteiger charge is -2.13. The zero-order valence-corrected chi connectivity index (χ0v) is 13.0. The van der Waals surface area contributed by atoms with Crippen molar-refractivity contribution >= 4 is 28.1 Å². The molecule has 1 N–H and O–H groups in total. The highest BCUT2D eigenvalue weighted by atomic mass is 16.6. The van der Waals surface area contributed by atoms with Crippen LogP contribution in [0.4, 0.5) is 17.2 Å². The van der Waals surface area contributed by atoms with Crippen LogP contribution >= 0.6 is 0 Å². The van der Waals surface area contributed by atoms with Gasteiger partial charge in [0.05, 0.1) is 24.7 Å². The molecule has 0 unspecified atom stereocenters. The molecule has 0 bridgehead atoms. The highest BCUT2D eigenvalue weighted by Gasteiger charge is 2.28. The summed E-state index contributed by atoms with van der Waals surface area (Å²) >= 11 is 0. The molecular weight excluding hydrogens is 312 g/mol. The first-order valence-electron chi connectivity index (χ1n) is 7.02. The van der Waals surface area contributed by atoms with Gasteiger partial charge in [-0.15, -0.1) is 0 Å². The Morgan fingerprint density at radius 3 is 2.50 bits per heavy atom. The highest BCUT2D eigenvalue weighted by Crippen LogP contribution is 2.44. The van der Waals surface area contributed by atoms with Gasteiger partial charge >= 0.3 is 5.69 Å². The molecule has 8 heteroatoms. The number of hydrogen-bond acceptors (Lipinski definition) is 7. The number of nitrogens with zero attached hydrogens (tertiary/aromatic N) is 3. The molecule has 0 fully saturated rings. The van der Waals surface area contributed by atoms with Crippen molar-refractivity contribution in [3.63, 3.8) is 0 Å². The molecule has 0 aliphatic heterocycles. The van der Waals surface area contributed by atoms with Crippen LogP contribution in [-0.2, 0) is 0 Å². The summed E-state index contributed by atoms with van der Waals surface area (Å²) < 4.78 is 10.4. The number of anilines is 2. The molecular formula is C16H14N4O4. The fraction of sp³-hybridized carbons (Fsp3) is 0.125. The summed E-state index contributed by atoms with van der Waals surface area (Å²) in [5, 5.41) is 15.0. The van der Waals surface area contributed by atoms with E-state index in [1.807, 2.05) is 30.3 Å². The Balaban J connectivity index is 2.29. The Kier molecular flexibility index (Phi) is 4.11. The lowest BCUT2D eigenvalue weighted by molar-refractivity contribution is -0.384. The van der Waals surface area contributed by atoms with E-state index in [2.05, 4.69) is 15.3 Å². The van der Waals surface area contributed by atoms with Gasteiger partial charge in [0, 0.05) is 11.8 Å². The third kappa shape index (κ3) is 2.65. The van der Waals surface area contributed by atoms with Gasteiger partial charge in [0.2, 0.25) is 5.75 Å². The Hall–Kier alpha value is -3.42. The molecule has 0 aliphatic carbocycles. The summed E-state index contributed by atoms with van der Waals surface area (Å²) in [5.74, 6) is 0.584. The van der Waals surface area contributed by atoms with Gasteiger partial charge in [-0.25, -0.2) is 9.97 Å². The molecule has 0 aliphatic rings. The second-order valence-corrected chi connectivity index (χ2v) is 4.83. The Bertz CT molecular complexity index is 899. The molecule has 0 spiro atoms. The van der Waals surface area contributed by atoms with Gasteiger partial charge in [-0.05, 0) is 12.1 Å². The summed E-state index contributed by atoms with van der Waals surface area (Å²) in [5.41, 5.74) is 0.889. The van der Waals surface area contributed by atoms with E-state index in [-0.39, 0.29) is 22.6 Å². The monoisotopic (exact) mass is 326 g/mol. The Morgan fingerprint density at radius 2 is 1.88 bits per heavy atom. The SMILES string of the molecule is COc1cc2ncnc(Nc3ccccc3)c2c([N+](=O)[O-])c1OC. The molecule has 0 amide bonds. The predicted molar refractivity (Wildman–Crippen MR) is 89.0 cm³/mol. The van der Waals surface area contributed by atoms with Crippen LogP contribution < -0.4 is 14.8 Å². The van der Waals surface area contributed by atoms with Crippen LogP contribution in [0.2, 0.25) is 0 Å². The van der Waals surface area contributed by atoms with Crippen molar-refractivity contribution in [1.82, 2.24) is 9.97 Å². The normalized spacial score (nSPS) is 10.4. The van der Waals surface area contributed by atoms with E-state index in [0.29, 0.717) is 11.3 Å². The molecule has 122 valence electrons. The second kappa shape index (κ2) is 6.37. The van der Waals surface area contributed by atoms with Crippen LogP contribution in [0.15, 0.2) is 42.7 Å². The first-order chi connectivity index (χ1) is 11.7. The van der Waals surface area contributed by atoms with Crippen molar-refractivity contribution in [3.8, 4) is 11.5 Å².